The van der Waals surface area contributed by atoms with E-state index in [9.17, 15) is 14.4 Å². The fourth-order valence-corrected chi connectivity index (χ4v) is 12.2. The van der Waals surface area contributed by atoms with Crippen LogP contribution in [-0.4, -0.2) is 92.6 Å². The highest BCUT2D eigenvalue weighted by Crippen LogP contribution is 2.40. The molecule has 72 heavy (non-hydrogen) atoms. The number of thiophene rings is 1. The lowest BCUT2D eigenvalue weighted by atomic mass is 9.89. The molecule has 7 heterocycles. The number of hydrogen-bond donors (Lipinski definition) is 2. The summed E-state index contributed by atoms with van der Waals surface area (Å²) in [6.45, 7) is 16.6. The van der Waals surface area contributed by atoms with Crippen LogP contribution in [0.5, 0.6) is 6.01 Å². The molecule has 0 radical (unpaired) electrons. The molecule has 2 aliphatic heterocycles. The number of nitrogens with zero attached hydrogens (tertiary/aromatic N) is 10. The molecule has 372 valence electrons. The van der Waals surface area contributed by atoms with Crippen LogP contribution in [0.3, 0.4) is 0 Å². The van der Waals surface area contributed by atoms with Crippen LogP contribution >= 0.6 is 34.3 Å². The van der Waals surface area contributed by atoms with Crippen molar-refractivity contribution >= 4 is 57.7 Å². The van der Waals surface area contributed by atoms with Gasteiger partial charge in [0.25, 0.3) is 0 Å². The van der Waals surface area contributed by atoms with Crippen LogP contribution < -0.4 is 15.4 Å². The van der Waals surface area contributed by atoms with Crippen molar-refractivity contribution in [2.75, 3.05) is 6.54 Å². The monoisotopic (exact) mass is 1020 g/mol. The van der Waals surface area contributed by atoms with Gasteiger partial charge in [0.1, 0.15) is 35.1 Å². The van der Waals surface area contributed by atoms with Crippen molar-refractivity contribution in [3.63, 3.8) is 0 Å². The van der Waals surface area contributed by atoms with Crippen molar-refractivity contribution < 1.29 is 19.1 Å². The molecule has 2 fully saturated rings. The molecule has 1 saturated heterocycles. The first-order valence-electron chi connectivity index (χ1n) is 24.4. The Morgan fingerprint density at radius 2 is 1.67 bits per heavy atom. The molecular formula is C53H57ClN12O4S2. The van der Waals surface area contributed by atoms with E-state index in [2.05, 4.69) is 68.8 Å². The Labute approximate surface area is 431 Å². The van der Waals surface area contributed by atoms with Crippen molar-refractivity contribution in [3.05, 3.63) is 128 Å². The van der Waals surface area contributed by atoms with Gasteiger partial charge < -0.3 is 20.3 Å². The Kier molecular flexibility index (Phi) is 13.7. The second kappa shape index (κ2) is 20.1. The van der Waals surface area contributed by atoms with Gasteiger partial charge in [0.15, 0.2) is 5.82 Å². The standard InChI is InChI=1S/C53H57ClN12O4S2/c1-27(2)47(51(69)64-24-28(3)19-43(64)50(68)58-30(5)34-9-11-36(12-10-34)48-31(6)56-26-71-48)65-25-37(23-57-65)41-17-18-55-53(61-41)70-40-20-39(21-40)59-44(67)22-42-49-63-62-33(8)66(49)52-45(29(4)32(7)72-52)46(60-42)35-13-15-38(54)16-14-35/h9-18,23,25-28,30,39-40,42-43,47H,19-22,24H2,1-8H3,(H,58,68)(H,59,67)/t28-,30+,39?,40?,42+,43+,47-/m1/s1. The SMILES string of the molecule is Cc1ncsc1-c1ccc([C@H](C)NC(=O)[C@@H]2C[C@@H](C)CN2C(=O)[C@@H](C(C)C)n2cc(-c3ccnc(OC4CC(NC(=O)C[C@@H]5N=C(c6ccc(Cl)cc6)c6c(sc(C)c6C)-n6c(C)nnc65)C4)n3)cn2)cc1. The maximum Gasteiger partial charge on any atom is 0.317 e. The molecule has 16 nitrogen and oxygen atoms in total. The van der Waals surface area contributed by atoms with E-state index in [1.807, 2.05) is 87.3 Å². The Morgan fingerprint density at radius 3 is 2.39 bits per heavy atom. The summed E-state index contributed by atoms with van der Waals surface area (Å²) in [4.78, 5) is 65.0. The number of carbonyl (C=O) groups is 3. The topological polar surface area (TPSA) is 187 Å². The number of amides is 3. The highest BCUT2D eigenvalue weighted by atomic mass is 35.5. The lowest BCUT2D eigenvalue weighted by molar-refractivity contribution is -0.142. The van der Waals surface area contributed by atoms with Gasteiger partial charge in [-0.25, -0.2) is 9.97 Å². The van der Waals surface area contributed by atoms with Crippen molar-refractivity contribution in [2.45, 2.75) is 117 Å². The zero-order valence-electron chi connectivity index (χ0n) is 41.5. The van der Waals surface area contributed by atoms with Gasteiger partial charge in [0, 0.05) is 64.4 Å². The third kappa shape index (κ3) is 9.71. The van der Waals surface area contributed by atoms with Gasteiger partial charge >= 0.3 is 6.01 Å². The van der Waals surface area contributed by atoms with E-state index in [-0.39, 0.29) is 60.2 Å². The largest absolute Gasteiger partial charge is 0.460 e. The third-order valence-corrected chi connectivity index (χ3v) is 16.5. The number of ether oxygens (including phenoxy) is 1. The predicted molar refractivity (Wildman–Crippen MR) is 279 cm³/mol. The highest BCUT2D eigenvalue weighted by Gasteiger charge is 2.42. The summed E-state index contributed by atoms with van der Waals surface area (Å²) >= 11 is 9.56. The lowest BCUT2D eigenvalue weighted by Crippen LogP contribution is -2.49. The van der Waals surface area contributed by atoms with Gasteiger partial charge in [-0.05, 0) is 87.8 Å². The zero-order chi connectivity index (χ0) is 50.5. The van der Waals surface area contributed by atoms with Crippen molar-refractivity contribution in [1.29, 1.82) is 0 Å². The second-order valence-corrected chi connectivity index (χ2v) is 22.2. The Bertz CT molecular complexity index is 3190. The number of halogens is 1. The number of benzene rings is 2. The van der Waals surface area contributed by atoms with Crippen LogP contribution in [-0.2, 0) is 14.4 Å². The summed E-state index contributed by atoms with van der Waals surface area (Å²) in [5.74, 6) is 0.920. The number of likely N-dealkylation sites (tertiary alicyclic amines) is 1. The average molecular weight is 1030 g/mol. The number of carbonyl (C=O) groups excluding carboxylic acids is 3. The quantitative estimate of drug-likeness (QED) is 0.106. The smallest absolute Gasteiger partial charge is 0.317 e. The molecule has 3 aliphatic rings. The number of rotatable bonds is 14. The first-order valence-corrected chi connectivity index (χ1v) is 26.5. The van der Waals surface area contributed by atoms with Crippen LogP contribution in [0.1, 0.15) is 116 Å². The Hall–Kier alpha value is -6.63. The molecule has 0 unspecified atom stereocenters. The molecule has 5 atom stereocenters. The number of aliphatic imine (C=N–C) groups is 1. The van der Waals surface area contributed by atoms with Crippen LogP contribution in [0.25, 0.3) is 26.7 Å². The zero-order valence-corrected chi connectivity index (χ0v) is 43.8. The molecular weight excluding hydrogens is 968 g/mol. The fraction of sp³-hybridized carbons (Fsp3) is 0.396. The number of fused-ring (bicyclic) bond motifs is 3. The first-order chi connectivity index (χ1) is 34.6. The predicted octanol–water partition coefficient (Wildman–Crippen LogP) is 9.31. The van der Waals surface area contributed by atoms with E-state index in [1.54, 1.807) is 50.7 Å². The van der Waals surface area contributed by atoms with Gasteiger partial charge in [0.05, 0.1) is 46.1 Å². The normalized spacial score (nSPS) is 20.2. The molecule has 1 aliphatic carbocycles. The first kappa shape index (κ1) is 49.0. The van der Waals surface area contributed by atoms with Gasteiger partial charge in [-0.2, -0.15) is 10.1 Å². The minimum atomic E-state index is -0.649. The molecule has 0 bridgehead atoms. The van der Waals surface area contributed by atoms with E-state index in [4.69, 9.17) is 26.3 Å². The highest BCUT2D eigenvalue weighted by molar-refractivity contribution is 7.15. The van der Waals surface area contributed by atoms with Gasteiger partial charge in [-0.15, -0.1) is 32.9 Å². The summed E-state index contributed by atoms with van der Waals surface area (Å²) in [7, 11) is 0. The summed E-state index contributed by atoms with van der Waals surface area (Å²) in [6.07, 6.45) is 6.76. The van der Waals surface area contributed by atoms with E-state index in [0.29, 0.717) is 47.9 Å². The van der Waals surface area contributed by atoms with Crippen molar-refractivity contribution in [3.8, 4) is 32.7 Å². The second-order valence-electron chi connectivity index (χ2n) is 19.7. The summed E-state index contributed by atoms with van der Waals surface area (Å²) in [5.41, 5.74) is 10.0. The molecule has 10 rings (SSSR count). The number of aryl methyl sites for hydroxylation is 3. The molecule has 2 aromatic carbocycles. The van der Waals surface area contributed by atoms with E-state index >= 15 is 0 Å². The van der Waals surface area contributed by atoms with E-state index < -0.39 is 18.1 Å². The number of thiazole rings is 1. The third-order valence-electron chi connectivity index (χ3n) is 14.0. The summed E-state index contributed by atoms with van der Waals surface area (Å²) in [5, 5.41) is 21.6. The van der Waals surface area contributed by atoms with Crippen molar-refractivity contribution in [2.24, 2.45) is 16.8 Å². The maximum atomic E-state index is 14.5. The molecule has 2 N–H and O–H groups in total. The van der Waals surface area contributed by atoms with Crippen LogP contribution in [0, 0.1) is 39.5 Å². The van der Waals surface area contributed by atoms with E-state index in [1.165, 1.54) is 4.88 Å². The van der Waals surface area contributed by atoms with Gasteiger partial charge in [-0.3, -0.25) is 28.6 Å². The minimum Gasteiger partial charge on any atom is -0.460 e. The Balaban J connectivity index is 0.762. The molecule has 19 heteroatoms. The number of nitrogens with one attached hydrogen (secondary N) is 2. The fourth-order valence-electron chi connectivity index (χ4n) is 10.0. The van der Waals surface area contributed by atoms with Crippen molar-refractivity contribution in [1.82, 2.24) is 55.0 Å². The molecule has 0 spiro atoms. The van der Waals surface area contributed by atoms with Gasteiger partial charge in [0.2, 0.25) is 17.7 Å². The molecule has 7 aromatic rings. The molecule has 3 amide bonds. The van der Waals surface area contributed by atoms with Crippen LogP contribution in [0.2, 0.25) is 5.02 Å². The molecule has 5 aromatic heterocycles. The maximum absolute atomic E-state index is 14.5. The summed E-state index contributed by atoms with van der Waals surface area (Å²) in [6, 6.07) is 15.6. The van der Waals surface area contributed by atoms with E-state index in [0.717, 1.165) is 54.9 Å². The van der Waals surface area contributed by atoms with Gasteiger partial charge in [-0.1, -0.05) is 68.8 Å². The number of aromatic nitrogens is 8. The Morgan fingerprint density at radius 1 is 0.917 bits per heavy atom. The minimum absolute atomic E-state index is 0.0868. The van der Waals surface area contributed by atoms with Crippen LogP contribution in [0.15, 0.2) is 83.7 Å². The number of hydrogen-bond acceptors (Lipinski definition) is 13. The molecule has 1 saturated carbocycles. The van der Waals surface area contributed by atoms with Crippen LogP contribution in [0.4, 0.5) is 0 Å². The average Bonchev–Trinajstić information content (AvgIpc) is 4.19. The summed E-state index contributed by atoms with van der Waals surface area (Å²) < 4.78 is 9.95. The lowest BCUT2D eigenvalue weighted by Gasteiger charge is -2.35.